The number of morpholine rings is 1. The molecule has 0 aliphatic carbocycles. The van der Waals surface area contributed by atoms with Crippen LogP contribution in [0.5, 0.6) is 5.75 Å². The van der Waals surface area contributed by atoms with Gasteiger partial charge in [-0.2, -0.15) is 0 Å². The summed E-state index contributed by atoms with van der Waals surface area (Å²) >= 11 is 0. The van der Waals surface area contributed by atoms with E-state index in [1.165, 1.54) is 5.56 Å². The number of nitrogens with one attached hydrogen (secondary N) is 1. The number of amides is 1. The average molecular weight is 368 g/mol. The minimum atomic E-state index is -0.0313. The molecule has 1 N–H and O–H groups in total. The van der Waals surface area contributed by atoms with E-state index >= 15 is 0 Å². The molecule has 27 heavy (non-hydrogen) atoms. The molecule has 5 nitrogen and oxygen atoms in total. The zero-order valence-corrected chi connectivity index (χ0v) is 15.9. The van der Waals surface area contributed by atoms with Crippen LogP contribution in [0, 0.1) is 6.92 Å². The van der Waals surface area contributed by atoms with Gasteiger partial charge in [-0.1, -0.05) is 48.0 Å². The predicted molar refractivity (Wildman–Crippen MR) is 106 cm³/mol. The third-order valence-electron chi connectivity index (χ3n) is 4.70. The van der Waals surface area contributed by atoms with Crippen LogP contribution in [0.25, 0.3) is 0 Å². The summed E-state index contributed by atoms with van der Waals surface area (Å²) in [5.74, 6) is 0.797. The first-order chi connectivity index (χ1) is 13.2. The fourth-order valence-corrected chi connectivity index (χ4v) is 3.12. The lowest BCUT2D eigenvalue weighted by atomic mass is 10.1. The number of benzene rings is 2. The Kier molecular flexibility index (Phi) is 7.25. The second-order valence-electron chi connectivity index (χ2n) is 6.86. The molecule has 2 aromatic rings. The van der Waals surface area contributed by atoms with Crippen molar-refractivity contribution in [3.05, 3.63) is 65.7 Å². The van der Waals surface area contributed by atoms with Crippen LogP contribution < -0.4 is 10.1 Å². The molecule has 0 bridgehead atoms. The average Bonchev–Trinajstić information content (AvgIpc) is 2.70. The van der Waals surface area contributed by atoms with E-state index in [0.29, 0.717) is 13.0 Å². The van der Waals surface area contributed by atoms with Crippen molar-refractivity contribution in [1.29, 1.82) is 0 Å². The molecule has 1 amide bonds. The largest absolute Gasteiger partial charge is 0.493 e. The van der Waals surface area contributed by atoms with Gasteiger partial charge in [-0.3, -0.25) is 9.69 Å². The SMILES string of the molecule is Cc1ccc(OCCC(=O)N[C@@H](CN2CCOCC2)c2ccccc2)cc1. The standard InChI is InChI=1S/C22H28N2O3/c1-18-7-9-20(10-8-18)27-14-11-22(25)23-21(19-5-3-2-4-6-19)17-24-12-15-26-16-13-24/h2-10,21H,11-17H2,1H3,(H,23,25)/t21-/m0/s1. The molecular formula is C22H28N2O3. The Morgan fingerprint density at radius 1 is 1.11 bits per heavy atom. The number of hydrogen-bond donors (Lipinski definition) is 1. The van der Waals surface area contributed by atoms with Crippen LogP contribution in [0.15, 0.2) is 54.6 Å². The summed E-state index contributed by atoms with van der Waals surface area (Å²) in [4.78, 5) is 14.8. The van der Waals surface area contributed by atoms with E-state index < -0.39 is 0 Å². The molecule has 0 saturated carbocycles. The van der Waals surface area contributed by atoms with Crippen molar-refractivity contribution in [2.45, 2.75) is 19.4 Å². The molecule has 5 heteroatoms. The van der Waals surface area contributed by atoms with Crippen LogP contribution in [-0.2, 0) is 9.53 Å². The van der Waals surface area contributed by atoms with Gasteiger partial charge in [0, 0.05) is 19.6 Å². The van der Waals surface area contributed by atoms with E-state index in [-0.39, 0.29) is 11.9 Å². The van der Waals surface area contributed by atoms with E-state index in [2.05, 4.69) is 22.3 Å². The zero-order valence-electron chi connectivity index (χ0n) is 15.9. The van der Waals surface area contributed by atoms with E-state index in [1.54, 1.807) is 0 Å². The van der Waals surface area contributed by atoms with E-state index in [4.69, 9.17) is 9.47 Å². The highest BCUT2D eigenvalue weighted by Crippen LogP contribution is 2.16. The molecular weight excluding hydrogens is 340 g/mol. The molecule has 2 aromatic carbocycles. The summed E-state index contributed by atoms with van der Waals surface area (Å²) in [6.07, 6.45) is 0.334. The quantitative estimate of drug-likeness (QED) is 0.778. The minimum absolute atomic E-state index is 0.00391. The summed E-state index contributed by atoms with van der Waals surface area (Å²) in [6, 6.07) is 18.0. The molecule has 1 aliphatic rings. The lowest BCUT2D eigenvalue weighted by molar-refractivity contribution is -0.122. The number of hydrogen-bond acceptors (Lipinski definition) is 4. The number of rotatable bonds is 8. The monoisotopic (exact) mass is 368 g/mol. The number of carbonyl (C=O) groups is 1. The molecule has 0 unspecified atom stereocenters. The Bertz CT molecular complexity index is 697. The van der Waals surface area contributed by atoms with Gasteiger partial charge in [0.2, 0.25) is 5.91 Å². The van der Waals surface area contributed by atoms with Crippen molar-refractivity contribution in [3.63, 3.8) is 0 Å². The highest BCUT2D eigenvalue weighted by Gasteiger charge is 2.20. The third-order valence-corrected chi connectivity index (χ3v) is 4.70. The van der Waals surface area contributed by atoms with E-state index in [0.717, 1.165) is 44.2 Å². The van der Waals surface area contributed by atoms with Gasteiger partial charge in [-0.15, -0.1) is 0 Å². The van der Waals surface area contributed by atoms with Crippen LogP contribution in [0.4, 0.5) is 0 Å². The summed E-state index contributed by atoms with van der Waals surface area (Å²) in [5.41, 5.74) is 2.31. The smallest absolute Gasteiger partial charge is 0.223 e. The van der Waals surface area contributed by atoms with Crippen LogP contribution in [0.1, 0.15) is 23.6 Å². The molecule has 144 valence electrons. The van der Waals surface area contributed by atoms with Gasteiger partial charge < -0.3 is 14.8 Å². The Morgan fingerprint density at radius 2 is 1.81 bits per heavy atom. The van der Waals surface area contributed by atoms with Gasteiger partial charge in [0.1, 0.15) is 5.75 Å². The molecule has 0 aromatic heterocycles. The van der Waals surface area contributed by atoms with Gasteiger partial charge in [0.05, 0.1) is 32.3 Å². The van der Waals surface area contributed by atoms with Crippen LogP contribution in [0.3, 0.4) is 0 Å². The molecule has 1 aliphatic heterocycles. The number of aryl methyl sites for hydroxylation is 1. The lowest BCUT2D eigenvalue weighted by Crippen LogP contribution is -2.43. The van der Waals surface area contributed by atoms with Crippen LogP contribution >= 0.6 is 0 Å². The van der Waals surface area contributed by atoms with Crippen molar-refractivity contribution < 1.29 is 14.3 Å². The molecule has 3 rings (SSSR count). The Morgan fingerprint density at radius 3 is 2.52 bits per heavy atom. The van der Waals surface area contributed by atoms with Crippen molar-refractivity contribution in [3.8, 4) is 5.75 Å². The fraction of sp³-hybridized carbons (Fsp3) is 0.409. The van der Waals surface area contributed by atoms with Gasteiger partial charge >= 0.3 is 0 Å². The lowest BCUT2D eigenvalue weighted by Gasteiger charge is -2.31. The first-order valence-electron chi connectivity index (χ1n) is 9.54. The number of carbonyl (C=O) groups excluding carboxylic acids is 1. The maximum atomic E-state index is 12.5. The third kappa shape index (κ3) is 6.38. The van der Waals surface area contributed by atoms with Crippen molar-refractivity contribution in [2.75, 3.05) is 39.5 Å². The molecule has 1 atom stereocenters. The van der Waals surface area contributed by atoms with E-state index in [1.807, 2.05) is 49.4 Å². The normalized spacial score (nSPS) is 15.9. The van der Waals surface area contributed by atoms with Gasteiger partial charge in [0.25, 0.3) is 0 Å². The minimum Gasteiger partial charge on any atom is -0.493 e. The molecule has 1 heterocycles. The van der Waals surface area contributed by atoms with Crippen molar-refractivity contribution >= 4 is 5.91 Å². The summed E-state index contributed by atoms with van der Waals surface area (Å²) < 4.78 is 11.1. The topological polar surface area (TPSA) is 50.8 Å². The number of ether oxygens (including phenoxy) is 2. The summed E-state index contributed by atoms with van der Waals surface area (Å²) in [6.45, 7) is 6.49. The van der Waals surface area contributed by atoms with Crippen molar-refractivity contribution in [1.82, 2.24) is 10.2 Å². The summed E-state index contributed by atoms with van der Waals surface area (Å²) in [7, 11) is 0. The first-order valence-corrected chi connectivity index (χ1v) is 9.54. The van der Waals surface area contributed by atoms with Gasteiger partial charge in [-0.25, -0.2) is 0 Å². The summed E-state index contributed by atoms with van der Waals surface area (Å²) in [5, 5.41) is 3.17. The van der Waals surface area contributed by atoms with Crippen LogP contribution in [0.2, 0.25) is 0 Å². The van der Waals surface area contributed by atoms with Crippen molar-refractivity contribution in [2.24, 2.45) is 0 Å². The molecule has 0 radical (unpaired) electrons. The maximum Gasteiger partial charge on any atom is 0.223 e. The highest BCUT2D eigenvalue weighted by atomic mass is 16.5. The van der Waals surface area contributed by atoms with E-state index in [9.17, 15) is 4.79 Å². The molecule has 0 spiro atoms. The molecule has 1 fully saturated rings. The second-order valence-corrected chi connectivity index (χ2v) is 6.86. The highest BCUT2D eigenvalue weighted by molar-refractivity contribution is 5.76. The van der Waals surface area contributed by atoms with Crippen LogP contribution in [-0.4, -0.2) is 50.3 Å². The first kappa shape index (κ1) is 19.4. The molecule has 1 saturated heterocycles. The zero-order chi connectivity index (χ0) is 18.9. The fourth-order valence-electron chi connectivity index (χ4n) is 3.12. The van der Waals surface area contributed by atoms with Gasteiger partial charge in [-0.05, 0) is 24.6 Å². The number of nitrogens with zero attached hydrogens (tertiary/aromatic N) is 1. The Balaban J connectivity index is 1.52. The predicted octanol–water partition coefficient (Wildman–Crippen LogP) is 2.95. The second kappa shape index (κ2) is 10.1. The maximum absolute atomic E-state index is 12.5. The van der Waals surface area contributed by atoms with Gasteiger partial charge in [0.15, 0.2) is 0 Å². The Hall–Kier alpha value is -2.37. The Labute approximate surface area is 161 Å².